The smallest absolute Gasteiger partial charge is 0.231 e. The molecule has 0 unspecified atom stereocenters. The molecule has 1 atom stereocenters. The number of amides is 1. The Kier molecular flexibility index (Phi) is 4.15. The molecule has 136 valence electrons. The molecule has 8 heteroatoms. The fraction of sp³-hybridized carbons (Fsp3) is 0.105. The highest BCUT2D eigenvalue weighted by Gasteiger charge is 2.23. The van der Waals surface area contributed by atoms with Gasteiger partial charge in [0.05, 0.1) is 35.0 Å². The summed E-state index contributed by atoms with van der Waals surface area (Å²) in [6.45, 7) is 1.44. The van der Waals surface area contributed by atoms with E-state index in [2.05, 4.69) is 20.4 Å². The first kappa shape index (κ1) is 16.9. The van der Waals surface area contributed by atoms with Gasteiger partial charge in [-0.1, -0.05) is 18.2 Å². The lowest BCUT2D eigenvalue weighted by molar-refractivity contribution is -0.117. The number of imidazole rings is 1. The first-order chi connectivity index (χ1) is 13.0. The SMILES string of the molecule is C[C@H](C(=O)Nc1cnn(-c2nc3ccccc3[nH]2)c1)c1c(F)cccc1F. The summed E-state index contributed by atoms with van der Waals surface area (Å²) in [7, 11) is 0. The number of carbonyl (C=O) groups excluding carboxylic acids is 1. The standard InChI is InChI=1S/C19H15F2N5O/c1-11(17-13(20)5-4-6-14(17)21)18(27)23-12-9-22-26(10-12)19-24-15-7-2-3-8-16(15)25-19/h2-11H,1H3,(H,23,27)(H,24,25)/t11-/m0/s1. The summed E-state index contributed by atoms with van der Waals surface area (Å²) in [5.41, 5.74) is 1.78. The Balaban J connectivity index is 1.54. The van der Waals surface area contributed by atoms with Crippen LogP contribution in [0.4, 0.5) is 14.5 Å². The molecule has 4 aromatic rings. The molecular weight excluding hydrogens is 352 g/mol. The quantitative estimate of drug-likeness (QED) is 0.577. The van der Waals surface area contributed by atoms with Crippen molar-refractivity contribution >= 4 is 22.6 Å². The van der Waals surface area contributed by atoms with Crippen LogP contribution >= 0.6 is 0 Å². The summed E-state index contributed by atoms with van der Waals surface area (Å²) in [6, 6.07) is 11.0. The maximum Gasteiger partial charge on any atom is 0.231 e. The molecule has 0 bridgehead atoms. The van der Waals surface area contributed by atoms with Gasteiger partial charge in [-0.05, 0) is 31.2 Å². The topological polar surface area (TPSA) is 75.6 Å². The molecule has 0 saturated carbocycles. The van der Waals surface area contributed by atoms with Crippen molar-refractivity contribution in [2.75, 3.05) is 5.32 Å². The van der Waals surface area contributed by atoms with Crippen molar-refractivity contribution in [3.8, 4) is 5.95 Å². The van der Waals surface area contributed by atoms with Crippen molar-refractivity contribution in [1.82, 2.24) is 19.7 Å². The minimum atomic E-state index is -0.999. The van der Waals surface area contributed by atoms with Crippen LogP contribution in [-0.2, 0) is 4.79 Å². The Morgan fingerprint density at radius 2 is 1.89 bits per heavy atom. The van der Waals surface area contributed by atoms with Gasteiger partial charge in [0, 0.05) is 5.56 Å². The van der Waals surface area contributed by atoms with E-state index < -0.39 is 23.5 Å². The molecule has 4 rings (SSSR count). The molecule has 0 saturated heterocycles. The van der Waals surface area contributed by atoms with Crippen molar-refractivity contribution in [2.24, 2.45) is 0 Å². The number of nitrogens with zero attached hydrogens (tertiary/aromatic N) is 3. The van der Waals surface area contributed by atoms with Crippen LogP contribution in [0.1, 0.15) is 18.4 Å². The van der Waals surface area contributed by atoms with E-state index in [1.54, 1.807) is 6.20 Å². The average Bonchev–Trinajstić information content (AvgIpc) is 3.27. The molecule has 2 aromatic carbocycles. The molecule has 2 heterocycles. The fourth-order valence-electron chi connectivity index (χ4n) is 2.86. The van der Waals surface area contributed by atoms with E-state index in [-0.39, 0.29) is 5.56 Å². The Labute approximate surface area is 152 Å². The van der Waals surface area contributed by atoms with E-state index in [4.69, 9.17) is 0 Å². The third kappa shape index (κ3) is 3.17. The molecule has 1 amide bonds. The summed E-state index contributed by atoms with van der Waals surface area (Å²) in [5.74, 6) is -2.56. The number of benzene rings is 2. The number of fused-ring (bicyclic) bond motifs is 1. The van der Waals surface area contributed by atoms with Crippen LogP contribution in [0.5, 0.6) is 0 Å². The number of H-pyrrole nitrogens is 1. The molecular formula is C19H15F2N5O. The largest absolute Gasteiger partial charge is 0.323 e. The number of anilines is 1. The van der Waals surface area contributed by atoms with Crippen LogP contribution in [0.2, 0.25) is 0 Å². The normalized spacial score (nSPS) is 12.3. The first-order valence-corrected chi connectivity index (χ1v) is 8.27. The second kappa shape index (κ2) is 6.64. The van der Waals surface area contributed by atoms with Crippen molar-refractivity contribution in [3.63, 3.8) is 0 Å². The van der Waals surface area contributed by atoms with Gasteiger partial charge in [0.2, 0.25) is 11.9 Å². The number of hydrogen-bond acceptors (Lipinski definition) is 3. The number of halogens is 2. The van der Waals surface area contributed by atoms with E-state index in [1.165, 1.54) is 23.9 Å². The zero-order valence-corrected chi connectivity index (χ0v) is 14.3. The van der Waals surface area contributed by atoms with Crippen LogP contribution < -0.4 is 5.32 Å². The first-order valence-electron chi connectivity index (χ1n) is 8.27. The minimum Gasteiger partial charge on any atom is -0.323 e. The molecule has 2 aromatic heterocycles. The number of carbonyl (C=O) groups is 1. The highest BCUT2D eigenvalue weighted by Crippen LogP contribution is 2.24. The molecule has 0 aliphatic rings. The third-order valence-electron chi connectivity index (χ3n) is 4.27. The molecule has 2 N–H and O–H groups in total. The number of nitrogens with one attached hydrogen (secondary N) is 2. The Hall–Kier alpha value is -3.55. The van der Waals surface area contributed by atoms with E-state index in [0.29, 0.717) is 11.6 Å². The number of para-hydroxylation sites is 2. The lowest BCUT2D eigenvalue weighted by Gasteiger charge is -2.13. The van der Waals surface area contributed by atoms with Gasteiger partial charge in [0.1, 0.15) is 11.6 Å². The second-order valence-electron chi connectivity index (χ2n) is 6.10. The third-order valence-corrected chi connectivity index (χ3v) is 4.27. The van der Waals surface area contributed by atoms with Crippen LogP contribution in [0, 0.1) is 11.6 Å². The van der Waals surface area contributed by atoms with Gasteiger partial charge in [-0.25, -0.2) is 18.4 Å². The Morgan fingerprint density at radius 1 is 1.15 bits per heavy atom. The monoisotopic (exact) mass is 367 g/mol. The predicted molar refractivity (Wildman–Crippen MR) is 96.6 cm³/mol. The molecule has 0 radical (unpaired) electrons. The number of aromatic nitrogens is 4. The lowest BCUT2D eigenvalue weighted by Crippen LogP contribution is -2.20. The second-order valence-corrected chi connectivity index (χ2v) is 6.10. The van der Waals surface area contributed by atoms with Crippen LogP contribution in [0.25, 0.3) is 17.0 Å². The Bertz CT molecular complexity index is 1080. The summed E-state index contributed by atoms with van der Waals surface area (Å²) < 4.78 is 29.2. The van der Waals surface area contributed by atoms with Gasteiger partial charge in [0.15, 0.2) is 0 Å². The van der Waals surface area contributed by atoms with Crippen molar-refractivity contribution < 1.29 is 13.6 Å². The van der Waals surface area contributed by atoms with Gasteiger partial charge in [-0.3, -0.25) is 4.79 Å². The van der Waals surface area contributed by atoms with Gasteiger partial charge in [-0.2, -0.15) is 5.10 Å². The van der Waals surface area contributed by atoms with Gasteiger partial charge >= 0.3 is 0 Å². The average molecular weight is 367 g/mol. The highest BCUT2D eigenvalue weighted by molar-refractivity contribution is 5.95. The fourth-order valence-corrected chi connectivity index (χ4v) is 2.86. The molecule has 27 heavy (non-hydrogen) atoms. The zero-order chi connectivity index (χ0) is 19.0. The summed E-state index contributed by atoms with van der Waals surface area (Å²) in [6.07, 6.45) is 3.01. The maximum absolute atomic E-state index is 13.9. The number of rotatable bonds is 4. The van der Waals surface area contributed by atoms with Gasteiger partial charge in [0.25, 0.3) is 0 Å². The van der Waals surface area contributed by atoms with Crippen LogP contribution in [0.3, 0.4) is 0 Å². The van der Waals surface area contributed by atoms with E-state index in [9.17, 15) is 13.6 Å². The van der Waals surface area contributed by atoms with Crippen LogP contribution in [0.15, 0.2) is 54.9 Å². The van der Waals surface area contributed by atoms with E-state index in [1.807, 2.05) is 24.3 Å². The maximum atomic E-state index is 13.9. The summed E-state index contributed by atoms with van der Waals surface area (Å²) in [5, 5.41) is 6.78. The molecule has 0 spiro atoms. The number of aromatic amines is 1. The van der Waals surface area contributed by atoms with Crippen molar-refractivity contribution in [3.05, 3.63) is 72.1 Å². The van der Waals surface area contributed by atoms with E-state index >= 15 is 0 Å². The lowest BCUT2D eigenvalue weighted by atomic mass is 9.99. The highest BCUT2D eigenvalue weighted by atomic mass is 19.1. The minimum absolute atomic E-state index is 0.264. The molecule has 6 nitrogen and oxygen atoms in total. The van der Waals surface area contributed by atoms with Crippen molar-refractivity contribution in [1.29, 1.82) is 0 Å². The van der Waals surface area contributed by atoms with E-state index in [0.717, 1.165) is 23.2 Å². The van der Waals surface area contributed by atoms with Crippen LogP contribution in [-0.4, -0.2) is 25.7 Å². The number of hydrogen-bond donors (Lipinski definition) is 2. The zero-order valence-electron chi connectivity index (χ0n) is 14.3. The van der Waals surface area contributed by atoms with Gasteiger partial charge < -0.3 is 10.3 Å². The predicted octanol–water partition coefficient (Wildman–Crippen LogP) is 3.77. The Morgan fingerprint density at radius 3 is 2.63 bits per heavy atom. The molecule has 0 fully saturated rings. The summed E-state index contributed by atoms with van der Waals surface area (Å²) >= 11 is 0. The molecule has 0 aliphatic heterocycles. The van der Waals surface area contributed by atoms with Crippen molar-refractivity contribution in [2.45, 2.75) is 12.8 Å². The summed E-state index contributed by atoms with van der Waals surface area (Å²) in [4.78, 5) is 19.9. The van der Waals surface area contributed by atoms with Gasteiger partial charge in [-0.15, -0.1) is 0 Å². The molecule has 0 aliphatic carbocycles.